The summed E-state index contributed by atoms with van der Waals surface area (Å²) in [5.74, 6) is -1.14. The first-order valence-corrected chi connectivity index (χ1v) is 8.18. The van der Waals surface area contributed by atoms with E-state index in [-0.39, 0.29) is 24.7 Å². The number of nitrogens with one attached hydrogen (secondary N) is 1. The number of hydrogen-bond acceptors (Lipinski definition) is 6. The lowest BCUT2D eigenvalue weighted by Crippen LogP contribution is -3.13. The summed E-state index contributed by atoms with van der Waals surface area (Å²) in [7, 11) is 0. The Morgan fingerprint density at radius 3 is 1.80 bits per heavy atom. The predicted molar refractivity (Wildman–Crippen MR) is 80.9 cm³/mol. The van der Waals surface area contributed by atoms with Crippen LogP contribution in [-0.2, 0) is 0 Å². The quantitative estimate of drug-likeness (QED) is 0.417. The molecule has 0 amide bonds. The molecule has 0 saturated carbocycles. The smallest absolute Gasteiger partial charge is 0.101 e. The van der Waals surface area contributed by atoms with Crippen LogP contribution in [0.2, 0.25) is 0 Å². The largest absolute Gasteiger partial charge is 0.544 e. The SMILES string of the molecule is O=C([O-])c1cc(Br)c(Br)s1.OCC[NH+](CCO)CCO. The average molecular weight is 435 g/mol. The highest BCUT2D eigenvalue weighted by atomic mass is 79.9. The fourth-order valence-corrected chi connectivity index (χ4v) is 3.17. The van der Waals surface area contributed by atoms with Crippen molar-refractivity contribution in [2.24, 2.45) is 0 Å². The summed E-state index contributed by atoms with van der Waals surface area (Å²) in [4.78, 5) is 11.5. The summed E-state index contributed by atoms with van der Waals surface area (Å²) in [6.45, 7) is 2.11. The van der Waals surface area contributed by atoms with Gasteiger partial charge in [0.15, 0.2) is 0 Å². The lowest BCUT2D eigenvalue weighted by molar-refractivity contribution is -0.901. The molecule has 0 aliphatic rings. The molecule has 0 unspecified atom stereocenters. The number of quaternary nitrogens is 1. The molecule has 0 aliphatic heterocycles. The van der Waals surface area contributed by atoms with Crippen molar-refractivity contribution < 1.29 is 30.1 Å². The van der Waals surface area contributed by atoms with E-state index in [9.17, 15) is 9.90 Å². The van der Waals surface area contributed by atoms with Crippen LogP contribution in [0.15, 0.2) is 14.3 Å². The fourth-order valence-electron chi connectivity index (χ4n) is 1.30. The first-order chi connectivity index (χ1) is 9.46. The molecule has 1 aromatic heterocycles. The van der Waals surface area contributed by atoms with Gasteiger partial charge in [-0.05, 0) is 37.9 Å². The maximum absolute atomic E-state index is 10.2. The van der Waals surface area contributed by atoms with Gasteiger partial charge in [-0.1, -0.05) is 0 Å². The van der Waals surface area contributed by atoms with Crippen LogP contribution in [0.25, 0.3) is 0 Å². The molecule has 0 saturated heterocycles. The summed E-state index contributed by atoms with van der Waals surface area (Å²) >= 11 is 7.45. The number of thiophene rings is 1. The van der Waals surface area contributed by atoms with Crippen molar-refractivity contribution in [1.82, 2.24) is 0 Å². The number of carbonyl (C=O) groups is 1. The van der Waals surface area contributed by atoms with Crippen molar-refractivity contribution in [3.63, 3.8) is 0 Å². The Bertz CT molecular complexity index is 368. The molecule has 0 atom stereocenters. The standard InChI is InChI=1S/C6H15NO3.C5H2Br2O2S/c8-4-1-7(2-5-9)3-6-10;6-2-1-3(5(8)9)10-4(2)7/h8-10H,1-6H2;1H,(H,8,9). The topological polar surface area (TPSA) is 105 Å². The second-order valence-electron chi connectivity index (χ2n) is 3.69. The third-order valence-electron chi connectivity index (χ3n) is 2.24. The van der Waals surface area contributed by atoms with Gasteiger partial charge in [0.1, 0.15) is 19.6 Å². The van der Waals surface area contributed by atoms with Gasteiger partial charge in [-0.15, -0.1) is 11.3 Å². The van der Waals surface area contributed by atoms with Crippen molar-refractivity contribution in [1.29, 1.82) is 0 Å². The Morgan fingerprint density at radius 2 is 1.60 bits per heavy atom. The number of aliphatic hydroxyl groups excluding tert-OH is 3. The molecular formula is C11H17Br2NO5S. The zero-order valence-electron chi connectivity index (χ0n) is 10.6. The normalized spacial score (nSPS) is 10.3. The van der Waals surface area contributed by atoms with Crippen LogP contribution in [0.5, 0.6) is 0 Å². The molecule has 1 aromatic rings. The Labute approximate surface area is 137 Å². The highest BCUT2D eigenvalue weighted by Crippen LogP contribution is 2.31. The van der Waals surface area contributed by atoms with Crippen LogP contribution in [0.4, 0.5) is 0 Å². The van der Waals surface area contributed by atoms with E-state index in [1.54, 1.807) is 0 Å². The van der Waals surface area contributed by atoms with Gasteiger partial charge in [-0.2, -0.15) is 0 Å². The van der Waals surface area contributed by atoms with E-state index >= 15 is 0 Å². The minimum atomic E-state index is -1.14. The predicted octanol–water partition coefficient (Wildman–Crippen LogP) is -1.52. The van der Waals surface area contributed by atoms with E-state index in [1.165, 1.54) is 6.07 Å². The lowest BCUT2D eigenvalue weighted by Gasteiger charge is -2.15. The van der Waals surface area contributed by atoms with Crippen LogP contribution < -0.4 is 10.0 Å². The highest BCUT2D eigenvalue weighted by molar-refractivity contribution is 9.13. The van der Waals surface area contributed by atoms with Gasteiger partial charge < -0.3 is 30.1 Å². The minimum absolute atomic E-state index is 0.106. The molecule has 1 heterocycles. The fraction of sp³-hybridized carbons (Fsp3) is 0.545. The number of hydrogen-bond donors (Lipinski definition) is 4. The maximum Gasteiger partial charge on any atom is 0.101 e. The monoisotopic (exact) mass is 433 g/mol. The summed E-state index contributed by atoms with van der Waals surface area (Å²) in [6.07, 6.45) is 0. The van der Waals surface area contributed by atoms with Crippen LogP contribution in [0.3, 0.4) is 0 Å². The Hall–Kier alpha value is -0.0300. The number of rotatable bonds is 7. The van der Waals surface area contributed by atoms with Crippen LogP contribution in [-0.4, -0.2) is 60.7 Å². The molecule has 20 heavy (non-hydrogen) atoms. The summed E-state index contributed by atoms with van der Waals surface area (Å²) < 4.78 is 1.52. The molecular weight excluding hydrogens is 418 g/mol. The van der Waals surface area contributed by atoms with E-state index in [1.807, 2.05) is 0 Å². The first kappa shape index (κ1) is 20.0. The number of aliphatic hydroxyl groups is 3. The molecule has 1 rings (SSSR count). The number of carbonyl (C=O) groups excluding carboxylic acids is 1. The molecule has 116 valence electrons. The minimum Gasteiger partial charge on any atom is -0.544 e. The van der Waals surface area contributed by atoms with Gasteiger partial charge in [0.2, 0.25) is 0 Å². The number of carboxylic acids is 1. The second-order valence-corrected chi connectivity index (χ2v) is 6.92. The molecule has 0 aliphatic carbocycles. The molecule has 0 radical (unpaired) electrons. The van der Waals surface area contributed by atoms with Crippen LogP contribution in [0.1, 0.15) is 9.67 Å². The van der Waals surface area contributed by atoms with Gasteiger partial charge in [-0.3, -0.25) is 0 Å². The van der Waals surface area contributed by atoms with E-state index in [0.717, 1.165) is 24.5 Å². The molecule has 0 fully saturated rings. The zero-order chi connectivity index (χ0) is 15.5. The molecule has 0 spiro atoms. The molecule has 4 N–H and O–H groups in total. The summed E-state index contributed by atoms with van der Waals surface area (Å²) in [5, 5.41) is 35.7. The van der Waals surface area contributed by atoms with Gasteiger partial charge in [0.05, 0.1) is 34.5 Å². The Balaban J connectivity index is 0.000000361. The third kappa shape index (κ3) is 8.30. The van der Waals surface area contributed by atoms with Crippen LogP contribution in [0, 0.1) is 0 Å². The van der Waals surface area contributed by atoms with Crippen molar-refractivity contribution >= 4 is 49.2 Å². The molecule has 0 aromatic carbocycles. The maximum atomic E-state index is 10.2. The second kappa shape index (κ2) is 11.6. The number of carboxylic acid groups (broad SMARTS) is 1. The number of aromatic carboxylic acids is 1. The Morgan fingerprint density at radius 1 is 1.15 bits per heavy atom. The molecule has 9 heteroatoms. The van der Waals surface area contributed by atoms with Crippen molar-refractivity contribution in [3.8, 4) is 0 Å². The third-order valence-corrected chi connectivity index (χ3v) is 5.48. The zero-order valence-corrected chi connectivity index (χ0v) is 14.6. The lowest BCUT2D eigenvalue weighted by atomic mass is 10.4. The van der Waals surface area contributed by atoms with E-state index in [2.05, 4.69) is 31.9 Å². The summed E-state index contributed by atoms with van der Waals surface area (Å²) in [5.41, 5.74) is 0. The Kier molecular flexibility index (Phi) is 11.6. The van der Waals surface area contributed by atoms with Crippen molar-refractivity contribution in [3.05, 3.63) is 19.2 Å². The van der Waals surface area contributed by atoms with E-state index < -0.39 is 5.97 Å². The van der Waals surface area contributed by atoms with Gasteiger partial charge in [-0.25, -0.2) is 0 Å². The highest BCUT2D eigenvalue weighted by Gasteiger charge is 2.04. The summed E-state index contributed by atoms with van der Waals surface area (Å²) in [6, 6.07) is 1.50. The van der Waals surface area contributed by atoms with Crippen molar-refractivity contribution in [2.45, 2.75) is 0 Å². The number of halogens is 2. The van der Waals surface area contributed by atoms with Gasteiger partial charge >= 0.3 is 0 Å². The average Bonchev–Trinajstić information content (AvgIpc) is 2.72. The molecule has 0 bridgehead atoms. The molecule has 6 nitrogen and oxygen atoms in total. The van der Waals surface area contributed by atoms with E-state index in [0.29, 0.717) is 19.6 Å². The van der Waals surface area contributed by atoms with Crippen molar-refractivity contribution in [2.75, 3.05) is 39.5 Å². The first-order valence-electron chi connectivity index (χ1n) is 5.78. The van der Waals surface area contributed by atoms with E-state index in [4.69, 9.17) is 15.3 Å². The van der Waals surface area contributed by atoms with Gasteiger partial charge in [0, 0.05) is 4.47 Å². The van der Waals surface area contributed by atoms with Gasteiger partial charge in [0.25, 0.3) is 0 Å². The van der Waals surface area contributed by atoms with Crippen LogP contribution >= 0.6 is 43.2 Å².